The summed E-state index contributed by atoms with van der Waals surface area (Å²) in [5, 5.41) is 11.9. The average Bonchev–Trinajstić information content (AvgIpc) is 2.95. The Hall–Kier alpha value is -1.63. The second-order valence-corrected chi connectivity index (χ2v) is 7.46. The molecular weight excluding hydrogens is 415 g/mol. The number of Topliss-reactive ketones (excluding diaryl/α,β-unsaturated/α-hetero) is 1. The van der Waals surface area contributed by atoms with E-state index in [1.807, 2.05) is 0 Å². The molecule has 1 N–H and O–H groups in total. The highest BCUT2D eigenvalue weighted by atomic mass is 35.5. The number of benzene rings is 2. The van der Waals surface area contributed by atoms with Gasteiger partial charge in [-0.1, -0.05) is 34.8 Å². The number of aliphatic hydroxyl groups is 1. The summed E-state index contributed by atoms with van der Waals surface area (Å²) in [7, 11) is 0. The smallest absolute Gasteiger partial charge is 0.338 e. The van der Waals surface area contributed by atoms with E-state index in [1.165, 1.54) is 24.3 Å². The van der Waals surface area contributed by atoms with Crippen molar-refractivity contribution in [1.29, 1.82) is 0 Å². The monoisotopic (exact) mass is 428 g/mol. The van der Waals surface area contributed by atoms with Crippen LogP contribution in [0.1, 0.15) is 27.1 Å². The van der Waals surface area contributed by atoms with Crippen LogP contribution in [-0.4, -0.2) is 40.7 Å². The molecule has 0 radical (unpaired) electrons. The molecule has 0 saturated carbocycles. The number of hydrogen-bond acceptors (Lipinski definition) is 5. The van der Waals surface area contributed by atoms with E-state index in [2.05, 4.69) is 0 Å². The average molecular weight is 430 g/mol. The number of halogens is 3. The van der Waals surface area contributed by atoms with Crippen LogP contribution in [-0.2, 0) is 9.47 Å². The van der Waals surface area contributed by atoms with Crippen molar-refractivity contribution in [2.75, 3.05) is 6.61 Å². The second kappa shape index (κ2) is 8.17. The van der Waals surface area contributed by atoms with Gasteiger partial charge in [0.2, 0.25) is 0 Å². The molecule has 2 aromatic rings. The maximum Gasteiger partial charge on any atom is 0.338 e. The number of carbonyl (C=O) groups excluding carboxylic acids is 2. The summed E-state index contributed by atoms with van der Waals surface area (Å²) in [6, 6.07) is 12.2. The van der Waals surface area contributed by atoms with E-state index >= 15 is 0 Å². The highest BCUT2D eigenvalue weighted by Gasteiger charge is 2.53. The van der Waals surface area contributed by atoms with Crippen molar-refractivity contribution < 1.29 is 24.2 Å². The van der Waals surface area contributed by atoms with E-state index in [0.29, 0.717) is 10.0 Å². The van der Waals surface area contributed by atoms with Crippen LogP contribution in [0.2, 0.25) is 10.0 Å². The first-order valence-electron chi connectivity index (χ1n) is 8.04. The highest BCUT2D eigenvalue weighted by Crippen LogP contribution is 2.36. The SMILES string of the molecule is O=C(OC[C@H]1O[C@H](Cl)C[C@@]1(O)C(=O)c1ccc(Cl)cc1)c1ccc(Cl)cc1. The molecule has 0 bridgehead atoms. The van der Waals surface area contributed by atoms with Crippen LogP contribution < -0.4 is 0 Å². The Morgan fingerprint density at radius 2 is 1.56 bits per heavy atom. The van der Waals surface area contributed by atoms with Crippen LogP contribution in [0.3, 0.4) is 0 Å². The first-order chi connectivity index (χ1) is 12.8. The molecule has 1 fully saturated rings. The third-order valence-electron chi connectivity index (χ3n) is 4.26. The summed E-state index contributed by atoms with van der Waals surface area (Å²) in [6.07, 6.45) is -1.22. The van der Waals surface area contributed by atoms with Crippen LogP contribution in [0.25, 0.3) is 0 Å². The Balaban J connectivity index is 1.73. The van der Waals surface area contributed by atoms with Crippen molar-refractivity contribution in [1.82, 2.24) is 0 Å². The molecule has 0 unspecified atom stereocenters. The summed E-state index contributed by atoms with van der Waals surface area (Å²) in [6.45, 7) is -0.333. The topological polar surface area (TPSA) is 72.8 Å². The molecule has 2 aromatic carbocycles. The standard InChI is InChI=1S/C19H15Cl3O5/c20-13-5-1-11(2-6-13)17(23)19(25)9-16(22)27-15(19)10-26-18(24)12-3-7-14(21)8-4-12/h1-8,15-16,25H,9-10H2/t15-,16+,19+/m1/s1. The maximum atomic E-state index is 12.8. The molecule has 8 heteroatoms. The van der Waals surface area contributed by atoms with Gasteiger partial charge in [-0.05, 0) is 48.5 Å². The zero-order valence-corrected chi connectivity index (χ0v) is 16.2. The van der Waals surface area contributed by atoms with Crippen molar-refractivity contribution in [2.24, 2.45) is 0 Å². The fraction of sp³-hybridized carbons (Fsp3) is 0.263. The van der Waals surface area contributed by atoms with Gasteiger partial charge in [-0.3, -0.25) is 4.79 Å². The van der Waals surface area contributed by atoms with Crippen LogP contribution in [0.15, 0.2) is 48.5 Å². The molecule has 1 aliphatic heterocycles. The first-order valence-corrected chi connectivity index (χ1v) is 9.24. The Labute approximate surface area is 170 Å². The van der Waals surface area contributed by atoms with Crippen molar-refractivity contribution in [3.8, 4) is 0 Å². The molecule has 0 aromatic heterocycles. The predicted octanol–water partition coefficient (Wildman–Crippen LogP) is 4.12. The predicted molar refractivity (Wildman–Crippen MR) is 102 cm³/mol. The summed E-state index contributed by atoms with van der Waals surface area (Å²) >= 11 is 17.6. The van der Waals surface area contributed by atoms with Crippen molar-refractivity contribution >= 4 is 46.6 Å². The van der Waals surface area contributed by atoms with Crippen LogP contribution in [0, 0.1) is 0 Å². The van der Waals surface area contributed by atoms with E-state index < -0.39 is 29.0 Å². The molecule has 1 aliphatic rings. The number of rotatable bonds is 5. The number of ether oxygens (including phenoxy) is 2. The number of carbonyl (C=O) groups is 2. The van der Waals surface area contributed by atoms with Crippen molar-refractivity contribution in [2.45, 2.75) is 23.7 Å². The summed E-state index contributed by atoms with van der Waals surface area (Å²) in [4.78, 5) is 24.9. The highest BCUT2D eigenvalue weighted by molar-refractivity contribution is 6.31. The summed E-state index contributed by atoms with van der Waals surface area (Å²) in [5.41, 5.74) is -2.26. The lowest BCUT2D eigenvalue weighted by Crippen LogP contribution is -2.48. The van der Waals surface area contributed by atoms with Gasteiger partial charge < -0.3 is 14.6 Å². The first kappa shape index (κ1) is 20.1. The van der Waals surface area contributed by atoms with Gasteiger partial charge in [0.1, 0.15) is 18.3 Å². The molecule has 1 heterocycles. The zero-order chi connectivity index (χ0) is 19.6. The van der Waals surface area contributed by atoms with Gasteiger partial charge in [-0.15, -0.1) is 0 Å². The second-order valence-electron chi connectivity index (χ2n) is 6.10. The summed E-state index contributed by atoms with van der Waals surface area (Å²) in [5.74, 6) is -1.20. The third kappa shape index (κ3) is 4.45. The minimum Gasteiger partial charge on any atom is -0.459 e. The Morgan fingerprint density at radius 3 is 2.11 bits per heavy atom. The van der Waals surface area contributed by atoms with Crippen molar-refractivity contribution in [3.05, 3.63) is 69.7 Å². The van der Waals surface area contributed by atoms with Gasteiger partial charge in [0, 0.05) is 22.0 Å². The lowest BCUT2D eigenvalue weighted by Gasteiger charge is -2.26. The number of ketones is 1. The lowest BCUT2D eigenvalue weighted by molar-refractivity contribution is -0.0538. The fourth-order valence-electron chi connectivity index (χ4n) is 2.80. The van der Waals surface area contributed by atoms with Crippen molar-refractivity contribution in [3.63, 3.8) is 0 Å². The van der Waals surface area contributed by atoms with Gasteiger partial charge in [0.15, 0.2) is 11.4 Å². The lowest BCUT2D eigenvalue weighted by atomic mass is 9.87. The van der Waals surface area contributed by atoms with Gasteiger partial charge >= 0.3 is 5.97 Å². The minimum absolute atomic E-state index is 0.126. The minimum atomic E-state index is -1.92. The molecule has 3 atom stereocenters. The molecule has 0 aliphatic carbocycles. The van der Waals surface area contributed by atoms with Crippen LogP contribution >= 0.6 is 34.8 Å². The number of esters is 1. The molecule has 0 spiro atoms. The molecule has 1 saturated heterocycles. The number of alkyl halides is 1. The molecule has 3 rings (SSSR count). The van der Waals surface area contributed by atoms with Crippen LogP contribution in [0.4, 0.5) is 0 Å². The maximum absolute atomic E-state index is 12.8. The Bertz CT molecular complexity index is 837. The van der Waals surface area contributed by atoms with Gasteiger partial charge in [0.25, 0.3) is 0 Å². The zero-order valence-electron chi connectivity index (χ0n) is 13.9. The Kier molecular flexibility index (Phi) is 6.08. The largest absolute Gasteiger partial charge is 0.459 e. The van der Waals surface area contributed by atoms with E-state index in [1.54, 1.807) is 24.3 Å². The summed E-state index contributed by atoms with van der Waals surface area (Å²) < 4.78 is 10.6. The van der Waals surface area contributed by atoms with E-state index in [0.717, 1.165) is 0 Å². The fourth-order valence-corrected chi connectivity index (χ4v) is 3.41. The van der Waals surface area contributed by atoms with E-state index in [-0.39, 0.29) is 24.2 Å². The number of hydrogen-bond donors (Lipinski definition) is 1. The molecule has 0 amide bonds. The molecule has 27 heavy (non-hydrogen) atoms. The van der Waals surface area contributed by atoms with Gasteiger partial charge in [0.05, 0.1) is 5.56 Å². The molecular formula is C19H15Cl3O5. The third-order valence-corrected chi connectivity index (χ3v) is 5.02. The van der Waals surface area contributed by atoms with Crippen LogP contribution in [0.5, 0.6) is 0 Å². The normalized spacial score (nSPS) is 24.6. The van der Waals surface area contributed by atoms with Gasteiger partial charge in [-0.2, -0.15) is 0 Å². The molecule has 5 nitrogen and oxygen atoms in total. The van der Waals surface area contributed by atoms with E-state index in [9.17, 15) is 14.7 Å². The van der Waals surface area contributed by atoms with E-state index in [4.69, 9.17) is 44.3 Å². The Morgan fingerprint density at radius 1 is 1.04 bits per heavy atom. The molecule has 142 valence electrons. The van der Waals surface area contributed by atoms with Gasteiger partial charge in [-0.25, -0.2) is 4.79 Å². The quantitative estimate of drug-likeness (QED) is 0.440.